The van der Waals surface area contributed by atoms with Crippen LogP contribution in [0.3, 0.4) is 0 Å². The Morgan fingerprint density at radius 3 is 2.52 bits per heavy atom. The predicted molar refractivity (Wildman–Crippen MR) is 78.7 cm³/mol. The van der Waals surface area contributed by atoms with Crippen LogP contribution >= 0.6 is 12.4 Å². The Hall–Kier alpha value is -1.34. The van der Waals surface area contributed by atoms with Gasteiger partial charge in [0.2, 0.25) is 0 Å². The van der Waals surface area contributed by atoms with Crippen molar-refractivity contribution in [1.82, 2.24) is 4.90 Å². The lowest BCUT2D eigenvalue weighted by molar-refractivity contribution is -0.137. The van der Waals surface area contributed by atoms with Crippen LogP contribution in [0.15, 0.2) is 18.2 Å². The molecule has 1 saturated carbocycles. The summed E-state index contributed by atoms with van der Waals surface area (Å²) in [5, 5.41) is 0. The largest absolute Gasteiger partial charge is 0.416 e. The van der Waals surface area contributed by atoms with Crippen molar-refractivity contribution in [2.45, 2.75) is 25.1 Å². The molecule has 2 N–H and O–H groups in total. The molecular weight excluding hydrogens is 336 g/mol. The van der Waals surface area contributed by atoms with E-state index in [0.717, 1.165) is 12.8 Å². The third-order valence-electron chi connectivity index (χ3n) is 4.72. The number of carbonyl (C=O) groups excluding carboxylic acids is 1. The first-order valence-electron chi connectivity index (χ1n) is 7.19. The van der Waals surface area contributed by atoms with Crippen LogP contribution in [0.4, 0.5) is 17.6 Å². The van der Waals surface area contributed by atoms with Gasteiger partial charge in [-0.1, -0.05) is 0 Å². The van der Waals surface area contributed by atoms with Gasteiger partial charge in [-0.05, 0) is 42.9 Å². The molecule has 1 aliphatic carbocycles. The van der Waals surface area contributed by atoms with E-state index in [1.54, 1.807) is 0 Å². The molecule has 1 saturated heterocycles. The topological polar surface area (TPSA) is 46.3 Å². The van der Waals surface area contributed by atoms with Crippen molar-refractivity contribution in [3.63, 3.8) is 0 Å². The quantitative estimate of drug-likeness (QED) is 0.790. The molecule has 8 heteroatoms. The standard InChI is InChI=1S/C15H16F4N2O.ClH/c16-12-3-2-9(15(17,18)19)5-10(12)14(22)21-6-8-1-4-13(20)11(8)7-21;/h2-3,5,8,11,13H,1,4,6-7,20H2;1H. The number of hydrogen-bond donors (Lipinski definition) is 1. The molecule has 0 aromatic heterocycles. The number of benzene rings is 1. The SMILES string of the molecule is Cl.NC1CCC2CN(C(=O)c3cc(C(F)(F)F)ccc3F)CC12. The molecular formula is C15H17ClF4N2O. The van der Waals surface area contributed by atoms with Gasteiger partial charge in [0, 0.05) is 19.1 Å². The average molecular weight is 353 g/mol. The van der Waals surface area contributed by atoms with Gasteiger partial charge < -0.3 is 10.6 Å². The smallest absolute Gasteiger partial charge is 0.338 e. The number of nitrogens with zero attached hydrogens (tertiary/aromatic N) is 1. The van der Waals surface area contributed by atoms with Crippen LogP contribution in [-0.4, -0.2) is 29.9 Å². The number of rotatable bonds is 1. The van der Waals surface area contributed by atoms with Gasteiger partial charge in [-0.2, -0.15) is 13.2 Å². The minimum absolute atomic E-state index is 0. The van der Waals surface area contributed by atoms with Crippen molar-refractivity contribution in [3.8, 4) is 0 Å². The minimum atomic E-state index is -4.60. The minimum Gasteiger partial charge on any atom is -0.338 e. The van der Waals surface area contributed by atoms with E-state index in [9.17, 15) is 22.4 Å². The molecule has 1 heterocycles. The molecule has 1 aromatic carbocycles. The maximum absolute atomic E-state index is 13.8. The third-order valence-corrected chi connectivity index (χ3v) is 4.72. The molecule has 3 unspecified atom stereocenters. The van der Waals surface area contributed by atoms with Crippen molar-refractivity contribution in [1.29, 1.82) is 0 Å². The fourth-order valence-electron chi connectivity index (χ4n) is 3.51. The number of nitrogens with two attached hydrogens (primary N) is 1. The van der Waals surface area contributed by atoms with E-state index in [1.165, 1.54) is 4.90 Å². The molecule has 128 valence electrons. The van der Waals surface area contributed by atoms with Crippen LogP contribution in [0.5, 0.6) is 0 Å². The second-order valence-electron chi connectivity index (χ2n) is 6.07. The highest BCUT2D eigenvalue weighted by Crippen LogP contribution is 2.38. The fraction of sp³-hybridized carbons (Fsp3) is 0.533. The summed E-state index contributed by atoms with van der Waals surface area (Å²) < 4.78 is 51.9. The van der Waals surface area contributed by atoms with E-state index in [2.05, 4.69) is 0 Å². The molecule has 2 aliphatic rings. The molecule has 0 radical (unpaired) electrons. The Morgan fingerprint density at radius 1 is 1.22 bits per heavy atom. The zero-order valence-corrected chi connectivity index (χ0v) is 13.0. The molecule has 2 fully saturated rings. The Bertz CT molecular complexity index is 608. The van der Waals surface area contributed by atoms with Crippen molar-refractivity contribution in [2.75, 3.05) is 13.1 Å². The number of hydrogen-bond acceptors (Lipinski definition) is 2. The molecule has 1 amide bonds. The van der Waals surface area contributed by atoms with E-state index in [1.807, 2.05) is 0 Å². The molecule has 23 heavy (non-hydrogen) atoms. The molecule has 1 aromatic rings. The van der Waals surface area contributed by atoms with Crippen molar-refractivity contribution in [3.05, 3.63) is 35.1 Å². The van der Waals surface area contributed by atoms with E-state index < -0.39 is 29.0 Å². The van der Waals surface area contributed by atoms with Gasteiger partial charge in [-0.3, -0.25) is 4.79 Å². The van der Waals surface area contributed by atoms with Gasteiger partial charge in [0.25, 0.3) is 5.91 Å². The van der Waals surface area contributed by atoms with Crippen LogP contribution in [-0.2, 0) is 6.18 Å². The summed E-state index contributed by atoms with van der Waals surface area (Å²) in [6.07, 6.45) is -2.80. The lowest BCUT2D eigenvalue weighted by Gasteiger charge is -2.19. The van der Waals surface area contributed by atoms with Crippen LogP contribution in [0.25, 0.3) is 0 Å². The summed E-state index contributed by atoms with van der Waals surface area (Å²) in [5.41, 5.74) is 4.43. The molecule has 0 bridgehead atoms. The lowest BCUT2D eigenvalue weighted by atomic mass is 9.98. The van der Waals surface area contributed by atoms with E-state index >= 15 is 0 Å². The van der Waals surface area contributed by atoms with E-state index in [4.69, 9.17) is 5.73 Å². The summed E-state index contributed by atoms with van der Waals surface area (Å²) in [6, 6.07) is 1.93. The van der Waals surface area contributed by atoms with Gasteiger partial charge in [-0.15, -0.1) is 12.4 Å². The second-order valence-corrected chi connectivity index (χ2v) is 6.07. The molecule has 3 nitrogen and oxygen atoms in total. The number of amides is 1. The van der Waals surface area contributed by atoms with Crippen LogP contribution < -0.4 is 5.73 Å². The Kier molecular flexibility index (Phi) is 4.92. The van der Waals surface area contributed by atoms with Crippen molar-refractivity contribution >= 4 is 18.3 Å². The first kappa shape index (κ1) is 18.0. The van der Waals surface area contributed by atoms with Crippen molar-refractivity contribution in [2.24, 2.45) is 17.6 Å². The highest BCUT2D eigenvalue weighted by atomic mass is 35.5. The van der Waals surface area contributed by atoms with Gasteiger partial charge in [0.15, 0.2) is 0 Å². The Balaban J connectivity index is 0.00000192. The van der Waals surface area contributed by atoms with Gasteiger partial charge in [0.05, 0.1) is 11.1 Å². The van der Waals surface area contributed by atoms with Gasteiger partial charge in [0.1, 0.15) is 5.82 Å². The Labute approximate surface area is 137 Å². The predicted octanol–water partition coefficient (Wildman–Crippen LogP) is 3.08. The first-order valence-corrected chi connectivity index (χ1v) is 7.19. The molecule has 3 rings (SSSR count). The van der Waals surface area contributed by atoms with Gasteiger partial charge >= 0.3 is 6.18 Å². The zero-order valence-electron chi connectivity index (χ0n) is 12.1. The highest BCUT2D eigenvalue weighted by Gasteiger charge is 2.43. The van der Waals surface area contributed by atoms with Crippen LogP contribution in [0, 0.1) is 17.7 Å². The highest BCUT2D eigenvalue weighted by molar-refractivity contribution is 5.95. The second kappa shape index (κ2) is 6.28. The maximum atomic E-state index is 13.8. The van der Waals surface area contributed by atoms with Crippen LogP contribution in [0.2, 0.25) is 0 Å². The first-order chi connectivity index (χ1) is 10.3. The van der Waals surface area contributed by atoms with E-state index in [-0.39, 0.29) is 30.3 Å². The maximum Gasteiger partial charge on any atom is 0.416 e. The van der Waals surface area contributed by atoms with Crippen molar-refractivity contribution < 1.29 is 22.4 Å². The number of carbonyl (C=O) groups is 1. The number of alkyl halides is 3. The summed E-state index contributed by atoms with van der Waals surface area (Å²) in [5.74, 6) is -1.19. The van der Waals surface area contributed by atoms with Crippen LogP contribution in [0.1, 0.15) is 28.8 Å². The Morgan fingerprint density at radius 2 is 1.91 bits per heavy atom. The summed E-state index contributed by atoms with van der Waals surface area (Å²) in [7, 11) is 0. The molecule has 1 aliphatic heterocycles. The third kappa shape index (κ3) is 3.30. The summed E-state index contributed by atoms with van der Waals surface area (Å²) >= 11 is 0. The summed E-state index contributed by atoms with van der Waals surface area (Å²) in [4.78, 5) is 13.8. The fourth-order valence-corrected chi connectivity index (χ4v) is 3.51. The monoisotopic (exact) mass is 352 g/mol. The normalized spacial score (nSPS) is 26.8. The van der Waals surface area contributed by atoms with Gasteiger partial charge in [-0.25, -0.2) is 4.39 Å². The molecule has 3 atom stereocenters. The average Bonchev–Trinajstić information content (AvgIpc) is 3.00. The molecule has 0 spiro atoms. The summed E-state index contributed by atoms with van der Waals surface area (Å²) in [6.45, 7) is 0.827. The zero-order chi connectivity index (χ0) is 16.1. The number of halogens is 5. The lowest BCUT2D eigenvalue weighted by Crippen LogP contribution is -2.34. The number of likely N-dealkylation sites (tertiary alicyclic amines) is 1. The number of fused-ring (bicyclic) bond motifs is 1. The van der Waals surface area contributed by atoms with E-state index in [0.29, 0.717) is 31.3 Å².